The molecule has 0 saturated heterocycles. The Labute approximate surface area is 103 Å². The summed E-state index contributed by atoms with van der Waals surface area (Å²) in [7, 11) is 0. The van der Waals surface area contributed by atoms with Crippen LogP contribution in [0, 0.1) is 0 Å². The Bertz CT molecular complexity index is 432. The summed E-state index contributed by atoms with van der Waals surface area (Å²) in [6, 6.07) is 7.65. The Balaban J connectivity index is 2.22. The van der Waals surface area contributed by atoms with Gasteiger partial charge in [-0.2, -0.15) is 0 Å². The maximum Gasteiger partial charge on any atom is 0.344 e. The molecule has 0 aliphatic carbocycles. The lowest BCUT2D eigenvalue weighted by atomic mass is 10.3. The molecule has 7 nitrogen and oxygen atoms in total. The molecule has 1 aromatic rings. The normalized spacial score (nSPS) is 9.33. The molecule has 0 saturated carbocycles. The molecule has 0 aliphatic rings. The van der Waals surface area contributed by atoms with Gasteiger partial charge in [0.1, 0.15) is 5.75 Å². The van der Waals surface area contributed by atoms with Crippen LogP contribution < -0.4 is 15.8 Å². The van der Waals surface area contributed by atoms with E-state index in [1.165, 1.54) is 0 Å². The molecule has 0 radical (unpaired) electrons. The summed E-state index contributed by atoms with van der Waals surface area (Å²) in [6.07, 6.45) is 0. The van der Waals surface area contributed by atoms with E-state index in [-0.39, 0.29) is 6.61 Å². The van der Waals surface area contributed by atoms with Crippen molar-refractivity contribution in [2.45, 2.75) is 0 Å². The minimum atomic E-state index is -1.00. The SMILES string of the molecule is NC(=O)NC(=O)COC(=O)COc1ccccc1. The minimum Gasteiger partial charge on any atom is -0.482 e. The number of benzene rings is 1. The van der Waals surface area contributed by atoms with Crippen LogP contribution in [0.1, 0.15) is 0 Å². The smallest absolute Gasteiger partial charge is 0.344 e. The second-order valence-corrected chi connectivity index (χ2v) is 3.17. The van der Waals surface area contributed by atoms with Crippen LogP contribution in [0.25, 0.3) is 0 Å². The molecule has 3 N–H and O–H groups in total. The fraction of sp³-hybridized carbons (Fsp3) is 0.182. The van der Waals surface area contributed by atoms with Gasteiger partial charge < -0.3 is 15.2 Å². The van der Waals surface area contributed by atoms with Crippen molar-refractivity contribution in [1.82, 2.24) is 5.32 Å². The van der Waals surface area contributed by atoms with Crippen LogP contribution in [0.2, 0.25) is 0 Å². The number of amides is 3. The van der Waals surface area contributed by atoms with Gasteiger partial charge in [0, 0.05) is 0 Å². The summed E-state index contributed by atoms with van der Waals surface area (Å²) in [4.78, 5) is 32.4. The largest absolute Gasteiger partial charge is 0.482 e. The highest BCUT2D eigenvalue weighted by Crippen LogP contribution is 2.07. The molecule has 0 atom stereocenters. The first-order chi connectivity index (χ1) is 8.58. The molecule has 0 spiro atoms. The van der Waals surface area contributed by atoms with Gasteiger partial charge in [0.05, 0.1) is 0 Å². The first-order valence-electron chi connectivity index (χ1n) is 5.00. The molecule has 0 fully saturated rings. The summed E-state index contributed by atoms with van der Waals surface area (Å²) < 4.78 is 9.63. The molecule has 0 aliphatic heterocycles. The fourth-order valence-electron chi connectivity index (χ4n) is 1.02. The van der Waals surface area contributed by atoms with E-state index in [9.17, 15) is 14.4 Å². The van der Waals surface area contributed by atoms with Gasteiger partial charge in [0.25, 0.3) is 5.91 Å². The number of nitrogens with one attached hydrogen (secondary N) is 1. The number of nitrogens with two attached hydrogens (primary N) is 1. The molecular weight excluding hydrogens is 240 g/mol. The summed E-state index contributed by atoms with van der Waals surface area (Å²) in [5.74, 6) is -1.01. The zero-order valence-electron chi connectivity index (χ0n) is 9.42. The minimum absolute atomic E-state index is 0.326. The van der Waals surface area contributed by atoms with Crippen molar-refractivity contribution in [2.75, 3.05) is 13.2 Å². The maximum absolute atomic E-state index is 11.2. The average Bonchev–Trinajstić information content (AvgIpc) is 2.34. The highest BCUT2D eigenvalue weighted by atomic mass is 16.6. The number of carbonyl (C=O) groups excluding carboxylic acids is 3. The van der Waals surface area contributed by atoms with Crippen LogP contribution in [0.4, 0.5) is 4.79 Å². The van der Waals surface area contributed by atoms with Crippen molar-refractivity contribution in [3.63, 3.8) is 0 Å². The van der Waals surface area contributed by atoms with Crippen LogP contribution >= 0.6 is 0 Å². The zero-order valence-corrected chi connectivity index (χ0v) is 9.42. The van der Waals surface area contributed by atoms with Crippen molar-refractivity contribution in [3.8, 4) is 5.75 Å². The molecule has 1 aromatic carbocycles. The highest BCUT2D eigenvalue weighted by molar-refractivity contribution is 5.94. The van der Waals surface area contributed by atoms with Crippen LogP contribution in [0.5, 0.6) is 5.75 Å². The van der Waals surface area contributed by atoms with E-state index in [0.29, 0.717) is 5.75 Å². The Hall–Kier alpha value is -2.57. The van der Waals surface area contributed by atoms with Gasteiger partial charge >= 0.3 is 12.0 Å². The molecule has 0 bridgehead atoms. The number of primary amides is 1. The number of urea groups is 1. The number of ether oxygens (including phenoxy) is 2. The van der Waals surface area contributed by atoms with E-state index in [2.05, 4.69) is 4.74 Å². The number of hydrogen-bond acceptors (Lipinski definition) is 5. The molecule has 3 amide bonds. The molecule has 1 rings (SSSR count). The van der Waals surface area contributed by atoms with E-state index in [0.717, 1.165) is 0 Å². The van der Waals surface area contributed by atoms with Gasteiger partial charge in [-0.15, -0.1) is 0 Å². The van der Waals surface area contributed by atoms with E-state index >= 15 is 0 Å². The summed E-state index contributed by atoms with van der Waals surface area (Å²) in [5.41, 5.74) is 4.70. The van der Waals surface area contributed by atoms with Gasteiger partial charge in [-0.3, -0.25) is 10.1 Å². The maximum atomic E-state index is 11.2. The van der Waals surface area contributed by atoms with Gasteiger partial charge in [-0.05, 0) is 12.1 Å². The standard InChI is InChI=1S/C11H12N2O5/c12-11(16)13-9(14)6-18-10(15)7-17-8-4-2-1-3-5-8/h1-5H,6-7H2,(H3,12,13,14,16). The van der Waals surface area contributed by atoms with Gasteiger partial charge in [-0.25, -0.2) is 9.59 Å². The zero-order chi connectivity index (χ0) is 13.4. The van der Waals surface area contributed by atoms with Crippen molar-refractivity contribution in [1.29, 1.82) is 0 Å². The van der Waals surface area contributed by atoms with Gasteiger partial charge in [0.15, 0.2) is 13.2 Å². The summed E-state index contributed by atoms with van der Waals surface area (Å²) >= 11 is 0. The predicted octanol–water partition coefficient (Wildman–Crippen LogP) is -0.196. The number of hydrogen-bond donors (Lipinski definition) is 2. The number of rotatable bonds is 5. The molecule has 0 unspecified atom stereocenters. The second kappa shape index (κ2) is 6.89. The molecule has 7 heteroatoms. The average molecular weight is 252 g/mol. The van der Waals surface area contributed by atoms with Crippen molar-refractivity contribution in [2.24, 2.45) is 5.73 Å². The third kappa shape index (κ3) is 5.50. The Kier molecular flexibility index (Phi) is 5.17. The van der Waals surface area contributed by atoms with Gasteiger partial charge in [0.2, 0.25) is 0 Å². The van der Waals surface area contributed by atoms with Crippen molar-refractivity contribution < 1.29 is 23.9 Å². The quantitative estimate of drug-likeness (QED) is 0.706. The Morgan fingerprint density at radius 1 is 1.11 bits per heavy atom. The van der Waals surface area contributed by atoms with E-state index < -0.39 is 24.5 Å². The predicted molar refractivity (Wildman–Crippen MR) is 60.6 cm³/mol. The fourth-order valence-corrected chi connectivity index (χ4v) is 1.02. The molecule has 0 aromatic heterocycles. The molecule has 96 valence electrons. The lowest BCUT2D eigenvalue weighted by Gasteiger charge is -2.06. The lowest BCUT2D eigenvalue weighted by molar-refractivity contribution is -0.150. The van der Waals surface area contributed by atoms with Gasteiger partial charge in [-0.1, -0.05) is 18.2 Å². The van der Waals surface area contributed by atoms with E-state index in [4.69, 9.17) is 10.5 Å². The summed E-state index contributed by atoms with van der Waals surface area (Å²) in [5, 5.41) is 1.75. The first kappa shape index (κ1) is 13.5. The number of carbonyl (C=O) groups is 3. The monoisotopic (exact) mass is 252 g/mol. The third-order valence-electron chi connectivity index (χ3n) is 1.73. The second-order valence-electron chi connectivity index (χ2n) is 3.17. The van der Waals surface area contributed by atoms with Crippen LogP contribution in [-0.4, -0.2) is 31.1 Å². The van der Waals surface area contributed by atoms with Crippen molar-refractivity contribution >= 4 is 17.9 Å². The lowest BCUT2D eigenvalue weighted by Crippen LogP contribution is -2.38. The van der Waals surface area contributed by atoms with Crippen LogP contribution in [0.3, 0.4) is 0 Å². The van der Waals surface area contributed by atoms with Crippen molar-refractivity contribution in [3.05, 3.63) is 30.3 Å². The molecular formula is C11H12N2O5. The third-order valence-corrected chi connectivity index (χ3v) is 1.73. The number of imide groups is 1. The van der Waals surface area contributed by atoms with Crippen LogP contribution in [-0.2, 0) is 14.3 Å². The molecule has 0 heterocycles. The Morgan fingerprint density at radius 3 is 2.39 bits per heavy atom. The number of esters is 1. The molecule has 18 heavy (non-hydrogen) atoms. The highest BCUT2D eigenvalue weighted by Gasteiger charge is 2.09. The van der Waals surface area contributed by atoms with Crippen LogP contribution in [0.15, 0.2) is 30.3 Å². The van der Waals surface area contributed by atoms with E-state index in [1.54, 1.807) is 35.6 Å². The Morgan fingerprint density at radius 2 is 1.78 bits per heavy atom. The number of para-hydroxylation sites is 1. The van der Waals surface area contributed by atoms with E-state index in [1.807, 2.05) is 0 Å². The topological polar surface area (TPSA) is 108 Å². The summed E-state index contributed by atoms with van der Waals surface area (Å²) in [6.45, 7) is -0.909. The first-order valence-corrected chi connectivity index (χ1v) is 5.00.